The zero-order valence-electron chi connectivity index (χ0n) is 15.7. The first-order valence-corrected chi connectivity index (χ1v) is 9.16. The van der Waals surface area contributed by atoms with Gasteiger partial charge in [0.2, 0.25) is 0 Å². The summed E-state index contributed by atoms with van der Waals surface area (Å²) in [5.74, 6) is 1.70. The number of ether oxygens (including phenoxy) is 1. The second-order valence-corrected chi connectivity index (χ2v) is 8.50. The number of carbonyl (C=O) groups excluding carboxylic acids is 1. The Morgan fingerprint density at radius 1 is 1.48 bits per heavy atom. The topological polar surface area (TPSA) is 26.3 Å². The summed E-state index contributed by atoms with van der Waals surface area (Å²) in [5, 5.41) is 0. The van der Waals surface area contributed by atoms with Gasteiger partial charge in [0.05, 0.1) is 7.11 Å². The lowest BCUT2D eigenvalue weighted by Crippen LogP contribution is -2.49. The van der Waals surface area contributed by atoms with Gasteiger partial charge < -0.3 is 4.74 Å². The quantitative estimate of drug-likeness (QED) is 0.622. The molecular formula is C21H34O2. The predicted molar refractivity (Wildman–Crippen MR) is 96.0 cm³/mol. The average molecular weight is 319 g/mol. The number of allylic oxidation sites excluding steroid dienone is 3. The van der Waals surface area contributed by atoms with E-state index in [1.54, 1.807) is 0 Å². The molecule has 0 amide bonds. The van der Waals surface area contributed by atoms with Crippen molar-refractivity contribution in [2.24, 2.45) is 28.6 Å². The molecule has 5 atom stereocenters. The van der Waals surface area contributed by atoms with E-state index in [4.69, 9.17) is 4.74 Å². The Balaban J connectivity index is 2.12. The molecule has 0 aromatic rings. The Kier molecular flexibility index (Phi) is 5.43. The molecule has 5 unspecified atom stereocenters. The lowest BCUT2D eigenvalue weighted by Gasteiger charge is -2.57. The van der Waals surface area contributed by atoms with Crippen molar-refractivity contribution >= 4 is 5.97 Å². The summed E-state index contributed by atoms with van der Waals surface area (Å²) in [6.45, 7) is 13.9. The van der Waals surface area contributed by atoms with Crippen molar-refractivity contribution in [3.8, 4) is 0 Å². The highest BCUT2D eigenvalue weighted by molar-refractivity contribution is 5.69. The molecule has 0 heterocycles. The van der Waals surface area contributed by atoms with E-state index < -0.39 is 0 Å². The Bertz CT molecular complexity index is 492. The zero-order chi connectivity index (χ0) is 17.3. The minimum atomic E-state index is -0.0850. The monoisotopic (exact) mass is 318 g/mol. The number of hydrogen-bond donors (Lipinski definition) is 0. The van der Waals surface area contributed by atoms with Crippen LogP contribution in [0, 0.1) is 28.6 Å². The van der Waals surface area contributed by atoms with Gasteiger partial charge in [-0.25, -0.2) is 0 Å². The molecule has 0 bridgehead atoms. The van der Waals surface area contributed by atoms with Crippen LogP contribution in [0.15, 0.2) is 24.3 Å². The molecule has 2 aliphatic carbocycles. The molecule has 0 saturated heterocycles. The van der Waals surface area contributed by atoms with Crippen molar-refractivity contribution in [2.75, 3.05) is 7.11 Å². The molecule has 2 heteroatoms. The number of hydrogen-bond acceptors (Lipinski definition) is 2. The Morgan fingerprint density at radius 3 is 2.83 bits per heavy atom. The first kappa shape index (κ1) is 18.3. The van der Waals surface area contributed by atoms with E-state index in [9.17, 15) is 4.79 Å². The minimum absolute atomic E-state index is 0.0850. The number of fused-ring (bicyclic) bond motifs is 1. The lowest BCUT2D eigenvalue weighted by atomic mass is 9.47. The molecular weight excluding hydrogens is 284 g/mol. The minimum Gasteiger partial charge on any atom is -0.469 e. The van der Waals surface area contributed by atoms with Crippen molar-refractivity contribution in [1.29, 1.82) is 0 Å². The van der Waals surface area contributed by atoms with E-state index in [0.717, 1.165) is 12.3 Å². The molecule has 0 aliphatic heterocycles. The van der Waals surface area contributed by atoms with Crippen LogP contribution < -0.4 is 0 Å². The molecule has 2 aliphatic rings. The van der Waals surface area contributed by atoms with Crippen LogP contribution in [0.1, 0.15) is 66.2 Å². The summed E-state index contributed by atoms with van der Waals surface area (Å²) < 4.78 is 4.82. The first-order chi connectivity index (χ1) is 10.7. The molecule has 1 saturated carbocycles. The SMILES string of the molecule is C=C1C=CCC2C1(C)CCC(C)C2(C)CCC(C)CC(=O)OC. The smallest absolute Gasteiger partial charge is 0.305 e. The van der Waals surface area contributed by atoms with Crippen LogP contribution in [0.25, 0.3) is 0 Å². The summed E-state index contributed by atoms with van der Waals surface area (Å²) in [4.78, 5) is 11.5. The maximum absolute atomic E-state index is 11.5. The fourth-order valence-electron chi connectivity index (χ4n) is 4.99. The largest absolute Gasteiger partial charge is 0.469 e. The highest BCUT2D eigenvalue weighted by Gasteiger charge is 2.52. The van der Waals surface area contributed by atoms with Crippen LogP contribution in [0.5, 0.6) is 0 Å². The fraction of sp³-hybridized carbons (Fsp3) is 0.762. The maximum Gasteiger partial charge on any atom is 0.305 e. The van der Waals surface area contributed by atoms with E-state index in [0.29, 0.717) is 23.7 Å². The van der Waals surface area contributed by atoms with Gasteiger partial charge in [-0.3, -0.25) is 4.79 Å². The second-order valence-electron chi connectivity index (χ2n) is 8.50. The normalized spacial score (nSPS) is 38.0. The van der Waals surface area contributed by atoms with Gasteiger partial charge in [-0.1, -0.05) is 46.4 Å². The van der Waals surface area contributed by atoms with Crippen LogP contribution in [0.4, 0.5) is 0 Å². The Labute approximate surface area is 142 Å². The van der Waals surface area contributed by atoms with Gasteiger partial charge in [-0.2, -0.15) is 0 Å². The molecule has 23 heavy (non-hydrogen) atoms. The molecule has 0 aromatic heterocycles. The van der Waals surface area contributed by atoms with Crippen molar-refractivity contribution in [3.05, 3.63) is 24.3 Å². The van der Waals surface area contributed by atoms with Gasteiger partial charge >= 0.3 is 5.97 Å². The third-order valence-corrected chi connectivity index (χ3v) is 7.13. The highest BCUT2D eigenvalue weighted by Crippen LogP contribution is 2.61. The van der Waals surface area contributed by atoms with Crippen LogP contribution in [0.3, 0.4) is 0 Å². The highest BCUT2D eigenvalue weighted by atomic mass is 16.5. The molecule has 1 fully saturated rings. The summed E-state index contributed by atoms with van der Waals surface area (Å²) >= 11 is 0. The fourth-order valence-corrected chi connectivity index (χ4v) is 4.99. The average Bonchev–Trinajstić information content (AvgIpc) is 2.52. The van der Waals surface area contributed by atoms with Gasteiger partial charge in [0.1, 0.15) is 0 Å². The molecule has 0 radical (unpaired) electrons. The van der Waals surface area contributed by atoms with E-state index in [1.807, 2.05) is 0 Å². The van der Waals surface area contributed by atoms with Crippen LogP contribution >= 0.6 is 0 Å². The van der Waals surface area contributed by atoms with Crippen LogP contribution in [0.2, 0.25) is 0 Å². The number of carbonyl (C=O) groups is 1. The molecule has 0 N–H and O–H groups in total. The lowest BCUT2D eigenvalue weighted by molar-refractivity contribution is -0.141. The molecule has 0 aromatic carbocycles. The number of esters is 1. The molecule has 0 spiro atoms. The van der Waals surface area contributed by atoms with Crippen molar-refractivity contribution < 1.29 is 9.53 Å². The first-order valence-electron chi connectivity index (χ1n) is 9.16. The maximum atomic E-state index is 11.5. The number of methoxy groups -OCH3 is 1. The van der Waals surface area contributed by atoms with E-state index in [2.05, 4.69) is 46.4 Å². The van der Waals surface area contributed by atoms with Crippen molar-refractivity contribution in [3.63, 3.8) is 0 Å². The molecule has 2 nitrogen and oxygen atoms in total. The predicted octanol–water partition coefficient (Wildman–Crippen LogP) is 5.54. The second kappa shape index (κ2) is 6.83. The van der Waals surface area contributed by atoms with E-state index >= 15 is 0 Å². The Morgan fingerprint density at radius 2 is 2.17 bits per heavy atom. The van der Waals surface area contributed by atoms with Gasteiger partial charge in [0.25, 0.3) is 0 Å². The van der Waals surface area contributed by atoms with Crippen LogP contribution in [-0.2, 0) is 9.53 Å². The van der Waals surface area contributed by atoms with Crippen LogP contribution in [-0.4, -0.2) is 13.1 Å². The van der Waals surface area contributed by atoms with Gasteiger partial charge in [-0.15, -0.1) is 0 Å². The summed E-state index contributed by atoms with van der Waals surface area (Å²) in [6, 6.07) is 0. The van der Waals surface area contributed by atoms with E-state index in [-0.39, 0.29) is 11.4 Å². The van der Waals surface area contributed by atoms with E-state index in [1.165, 1.54) is 38.4 Å². The summed E-state index contributed by atoms with van der Waals surface area (Å²) in [7, 11) is 1.48. The van der Waals surface area contributed by atoms with Gasteiger partial charge in [-0.05, 0) is 66.3 Å². The summed E-state index contributed by atoms with van der Waals surface area (Å²) in [5.41, 5.74) is 1.89. The summed E-state index contributed by atoms with van der Waals surface area (Å²) in [6.07, 6.45) is 11.1. The van der Waals surface area contributed by atoms with Gasteiger partial charge in [0.15, 0.2) is 0 Å². The zero-order valence-corrected chi connectivity index (χ0v) is 15.7. The van der Waals surface area contributed by atoms with Gasteiger partial charge in [0, 0.05) is 6.42 Å². The number of rotatable bonds is 5. The standard InChI is InChI=1S/C21H34O2/c1-15(14-19(22)23-6)10-12-20(4)17(3)11-13-21(5)16(2)8-7-9-18(20)21/h7-8,15,17-18H,2,9-14H2,1,3-6H3. The van der Waals surface area contributed by atoms with Crippen molar-refractivity contribution in [1.82, 2.24) is 0 Å². The van der Waals surface area contributed by atoms with Crippen molar-refractivity contribution in [2.45, 2.75) is 66.2 Å². The third kappa shape index (κ3) is 3.41. The Hall–Kier alpha value is -1.05. The third-order valence-electron chi connectivity index (χ3n) is 7.13. The molecule has 2 rings (SSSR count). The molecule has 130 valence electrons.